The molecular weight excluding hydrogens is 286 g/mol. The van der Waals surface area contributed by atoms with Crippen molar-refractivity contribution in [3.8, 4) is 0 Å². The SMILES string of the molecule is NC(=O)C1OC=C(S(=O)(=O)OCCc2ccccc2)O1. The van der Waals surface area contributed by atoms with E-state index in [4.69, 9.17) is 14.7 Å². The number of hydrogen-bond acceptors (Lipinski definition) is 6. The molecule has 7 nitrogen and oxygen atoms in total. The van der Waals surface area contributed by atoms with Gasteiger partial charge in [0.15, 0.2) is 0 Å². The fraction of sp³-hybridized carbons (Fsp3) is 0.250. The Morgan fingerprint density at radius 2 is 2.00 bits per heavy atom. The molecular formula is C12H13NO6S. The first-order chi connectivity index (χ1) is 9.49. The van der Waals surface area contributed by atoms with E-state index in [0.29, 0.717) is 6.42 Å². The number of carbonyl (C=O) groups is 1. The summed E-state index contributed by atoms with van der Waals surface area (Å²) in [5, 5.41) is -0.561. The third kappa shape index (κ3) is 3.49. The molecule has 0 bridgehead atoms. The van der Waals surface area contributed by atoms with Crippen LogP contribution in [-0.4, -0.2) is 27.2 Å². The molecule has 0 radical (unpaired) electrons. The highest BCUT2D eigenvalue weighted by atomic mass is 32.2. The third-order valence-electron chi connectivity index (χ3n) is 2.46. The van der Waals surface area contributed by atoms with Gasteiger partial charge in [-0.05, 0) is 12.0 Å². The summed E-state index contributed by atoms with van der Waals surface area (Å²) in [6.45, 7) is -0.0473. The molecule has 0 aromatic heterocycles. The van der Waals surface area contributed by atoms with E-state index in [1.807, 2.05) is 30.3 Å². The molecule has 0 fully saturated rings. The van der Waals surface area contributed by atoms with E-state index in [9.17, 15) is 13.2 Å². The Morgan fingerprint density at radius 3 is 2.60 bits per heavy atom. The highest BCUT2D eigenvalue weighted by molar-refractivity contribution is 7.90. The molecule has 0 aliphatic carbocycles. The fourth-order valence-electron chi connectivity index (χ4n) is 1.49. The molecule has 8 heteroatoms. The molecule has 1 heterocycles. The number of benzene rings is 1. The Hall–Kier alpha value is -2.06. The van der Waals surface area contributed by atoms with Crippen LogP contribution in [0.2, 0.25) is 0 Å². The lowest BCUT2D eigenvalue weighted by atomic mass is 10.2. The number of carbonyl (C=O) groups excluding carboxylic acids is 1. The van der Waals surface area contributed by atoms with Gasteiger partial charge in [0.05, 0.1) is 6.61 Å². The van der Waals surface area contributed by atoms with E-state index in [-0.39, 0.29) is 6.61 Å². The summed E-state index contributed by atoms with van der Waals surface area (Å²) in [5.74, 6) is -0.921. The number of nitrogens with two attached hydrogens (primary N) is 1. The highest BCUT2D eigenvalue weighted by Gasteiger charge is 2.33. The van der Waals surface area contributed by atoms with Crippen molar-refractivity contribution < 1.29 is 26.9 Å². The van der Waals surface area contributed by atoms with Gasteiger partial charge in [0.25, 0.3) is 11.0 Å². The van der Waals surface area contributed by atoms with Gasteiger partial charge in [-0.25, -0.2) is 0 Å². The van der Waals surface area contributed by atoms with E-state index in [0.717, 1.165) is 11.8 Å². The summed E-state index contributed by atoms with van der Waals surface area (Å²) in [7, 11) is -4.09. The second-order valence-electron chi connectivity index (χ2n) is 3.94. The maximum Gasteiger partial charge on any atom is 0.333 e. The number of primary amides is 1. The van der Waals surface area contributed by atoms with Crippen molar-refractivity contribution in [3.05, 3.63) is 47.2 Å². The average molecular weight is 299 g/mol. The fourth-order valence-corrected chi connectivity index (χ4v) is 2.29. The van der Waals surface area contributed by atoms with Crippen LogP contribution in [0.3, 0.4) is 0 Å². The predicted molar refractivity (Wildman–Crippen MR) is 68.3 cm³/mol. The summed E-state index contributed by atoms with van der Waals surface area (Å²) in [6.07, 6.45) is -0.210. The molecule has 1 aromatic rings. The van der Waals surface area contributed by atoms with Crippen LogP contribution in [0.25, 0.3) is 0 Å². The van der Waals surface area contributed by atoms with Crippen LogP contribution in [0.5, 0.6) is 0 Å². The topological polar surface area (TPSA) is 105 Å². The quantitative estimate of drug-likeness (QED) is 0.754. The maximum absolute atomic E-state index is 11.7. The molecule has 0 saturated heterocycles. The van der Waals surface area contributed by atoms with E-state index >= 15 is 0 Å². The first kappa shape index (κ1) is 14.4. The lowest BCUT2D eigenvalue weighted by Crippen LogP contribution is -2.30. The zero-order chi connectivity index (χ0) is 14.6. The van der Waals surface area contributed by atoms with Gasteiger partial charge in [-0.15, -0.1) is 0 Å². The van der Waals surface area contributed by atoms with Gasteiger partial charge in [-0.3, -0.25) is 8.98 Å². The van der Waals surface area contributed by atoms with Gasteiger partial charge in [0.1, 0.15) is 6.26 Å². The average Bonchev–Trinajstić information content (AvgIpc) is 2.90. The van der Waals surface area contributed by atoms with Crippen molar-refractivity contribution in [1.29, 1.82) is 0 Å². The minimum Gasteiger partial charge on any atom is -0.450 e. The Balaban J connectivity index is 1.88. The molecule has 2 rings (SSSR count). The van der Waals surface area contributed by atoms with E-state index in [1.165, 1.54) is 0 Å². The summed E-state index contributed by atoms with van der Waals surface area (Å²) >= 11 is 0. The molecule has 1 amide bonds. The summed E-state index contributed by atoms with van der Waals surface area (Å²) in [5.41, 5.74) is 5.86. The lowest BCUT2D eigenvalue weighted by Gasteiger charge is -2.08. The number of hydrogen-bond donors (Lipinski definition) is 1. The number of rotatable bonds is 6. The van der Waals surface area contributed by atoms with Crippen LogP contribution >= 0.6 is 0 Å². The Morgan fingerprint density at radius 1 is 1.30 bits per heavy atom. The normalized spacial score (nSPS) is 18.0. The van der Waals surface area contributed by atoms with Crippen molar-refractivity contribution >= 4 is 16.0 Å². The van der Waals surface area contributed by atoms with E-state index in [1.54, 1.807) is 0 Å². The third-order valence-corrected chi connectivity index (χ3v) is 3.62. The van der Waals surface area contributed by atoms with Crippen molar-refractivity contribution in [2.45, 2.75) is 12.7 Å². The summed E-state index contributed by atoms with van der Waals surface area (Å²) < 4.78 is 37.7. The smallest absolute Gasteiger partial charge is 0.333 e. The summed E-state index contributed by atoms with van der Waals surface area (Å²) in [4.78, 5) is 10.8. The van der Waals surface area contributed by atoms with Gasteiger partial charge in [-0.2, -0.15) is 8.42 Å². The zero-order valence-corrected chi connectivity index (χ0v) is 11.2. The van der Waals surface area contributed by atoms with Gasteiger partial charge >= 0.3 is 16.4 Å². The molecule has 0 saturated carbocycles. The van der Waals surface area contributed by atoms with Crippen LogP contribution in [0.1, 0.15) is 5.56 Å². The number of amides is 1. The highest BCUT2D eigenvalue weighted by Crippen LogP contribution is 2.21. The first-order valence-electron chi connectivity index (χ1n) is 5.74. The first-order valence-corrected chi connectivity index (χ1v) is 7.15. The van der Waals surface area contributed by atoms with Crippen molar-refractivity contribution in [1.82, 2.24) is 0 Å². The molecule has 1 aliphatic rings. The monoisotopic (exact) mass is 299 g/mol. The second-order valence-corrected chi connectivity index (χ2v) is 5.48. The Kier molecular flexibility index (Phi) is 4.26. The number of ether oxygens (including phenoxy) is 2. The van der Waals surface area contributed by atoms with Gasteiger partial charge in [0, 0.05) is 0 Å². The van der Waals surface area contributed by atoms with Crippen LogP contribution < -0.4 is 5.73 Å². The zero-order valence-electron chi connectivity index (χ0n) is 10.4. The molecule has 108 valence electrons. The molecule has 1 aromatic carbocycles. The van der Waals surface area contributed by atoms with Crippen molar-refractivity contribution in [2.75, 3.05) is 6.61 Å². The minimum atomic E-state index is -4.09. The second kappa shape index (κ2) is 5.93. The predicted octanol–water partition coefficient (Wildman–Crippen LogP) is 0.233. The van der Waals surface area contributed by atoms with Gasteiger partial charge in [0.2, 0.25) is 0 Å². The molecule has 20 heavy (non-hydrogen) atoms. The van der Waals surface area contributed by atoms with Crippen LogP contribution in [-0.2, 0) is 35.0 Å². The van der Waals surface area contributed by atoms with E-state index < -0.39 is 27.4 Å². The maximum atomic E-state index is 11.7. The minimum absolute atomic E-state index is 0.0473. The van der Waals surface area contributed by atoms with Crippen LogP contribution in [0.4, 0.5) is 0 Å². The summed E-state index contributed by atoms with van der Waals surface area (Å²) in [6, 6.07) is 9.26. The van der Waals surface area contributed by atoms with Gasteiger partial charge in [-0.1, -0.05) is 30.3 Å². The molecule has 1 unspecified atom stereocenters. The van der Waals surface area contributed by atoms with Gasteiger partial charge < -0.3 is 15.2 Å². The molecule has 2 N–H and O–H groups in total. The van der Waals surface area contributed by atoms with Crippen LogP contribution in [0.15, 0.2) is 41.7 Å². The molecule has 1 aliphatic heterocycles. The Labute approximate surface area is 116 Å². The largest absolute Gasteiger partial charge is 0.450 e. The van der Waals surface area contributed by atoms with Crippen LogP contribution in [0, 0.1) is 0 Å². The van der Waals surface area contributed by atoms with Crippen molar-refractivity contribution in [2.24, 2.45) is 5.73 Å². The van der Waals surface area contributed by atoms with E-state index in [2.05, 4.69) is 4.74 Å². The molecule has 0 spiro atoms. The molecule has 1 atom stereocenters. The Bertz CT molecular complexity index is 610. The lowest BCUT2D eigenvalue weighted by molar-refractivity contribution is -0.140. The van der Waals surface area contributed by atoms with Crippen molar-refractivity contribution in [3.63, 3.8) is 0 Å². The standard InChI is InChI=1S/C12H13NO6S/c13-11(14)12-17-8-10(19-12)20(15,16)18-7-6-9-4-2-1-3-5-9/h1-5,8,12H,6-7H2,(H2,13,14).